The summed E-state index contributed by atoms with van der Waals surface area (Å²) in [5.74, 6) is -0.176. The van der Waals surface area contributed by atoms with Crippen molar-refractivity contribution in [1.29, 1.82) is 0 Å². The zero-order valence-electron chi connectivity index (χ0n) is 11.1. The zero-order valence-corrected chi connectivity index (χ0v) is 11.1. The Morgan fingerprint density at radius 2 is 1.89 bits per heavy atom. The molecule has 0 saturated carbocycles. The van der Waals surface area contributed by atoms with Gasteiger partial charge in [-0.05, 0) is 11.5 Å². The largest absolute Gasteiger partial charge is 0.352 e. The molecule has 1 aromatic carbocycles. The number of primary amides is 1. The van der Waals surface area contributed by atoms with Crippen LogP contribution in [0, 0.1) is 5.92 Å². The van der Waals surface area contributed by atoms with Gasteiger partial charge in [-0.3, -0.25) is 9.63 Å². The molecule has 1 rings (SSSR count). The van der Waals surface area contributed by atoms with Crippen LogP contribution in [-0.4, -0.2) is 18.5 Å². The lowest BCUT2D eigenvalue weighted by Crippen LogP contribution is -2.42. The van der Waals surface area contributed by atoms with Crippen molar-refractivity contribution in [2.24, 2.45) is 11.7 Å². The summed E-state index contributed by atoms with van der Waals surface area (Å²) in [4.78, 5) is 28.0. The second-order valence-corrected chi connectivity index (χ2v) is 4.52. The number of hydroxylamine groups is 1. The Labute approximate surface area is 112 Å². The van der Waals surface area contributed by atoms with E-state index in [1.165, 1.54) is 0 Å². The number of nitrogens with one attached hydrogen (secondary N) is 2. The third-order valence-electron chi connectivity index (χ3n) is 2.27. The quantitative estimate of drug-likeness (QED) is 0.672. The minimum Gasteiger partial charge on any atom is -0.352 e. The van der Waals surface area contributed by atoms with E-state index in [2.05, 4.69) is 10.8 Å². The van der Waals surface area contributed by atoms with E-state index in [1.807, 2.05) is 19.9 Å². The maximum Gasteiger partial charge on any atom is 0.313 e. The summed E-state index contributed by atoms with van der Waals surface area (Å²) in [5.41, 5.74) is 8.01. The van der Waals surface area contributed by atoms with E-state index >= 15 is 0 Å². The van der Waals surface area contributed by atoms with Crippen molar-refractivity contribution in [1.82, 2.24) is 10.8 Å². The van der Waals surface area contributed by atoms with Crippen molar-refractivity contribution < 1.29 is 14.4 Å². The third kappa shape index (κ3) is 5.39. The van der Waals surface area contributed by atoms with E-state index in [1.54, 1.807) is 24.3 Å². The third-order valence-corrected chi connectivity index (χ3v) is 2.27. The fraction of sp³-hybridized carbons (Fsp3) is 0.385. The molecule has 0 spiro atoms. The standard InChI is InChI=1S/C13H19N3O3/c1-9(2)8-19-16-12(17)11(15-13(14)18)10-6-4-3-5-7-10/h3-7,9,11H,8H2,1-2H3,(H,16,17)(H3,14,15,18). The highest BCUT2D eigenvalue weighted by Gasteiger charge is 2.21. The lowest BCUT2D eigenvalue weighted by molar-refractivity contribution is -0.136. The summed E-state index contributed by atoms with van der Waals surface area (Å²) < 4.78 is 0. The number of hydrogen-bond donors (Lipinski definition) is 3. The van der Waals surface area contributed by atoms with Gasteiger partial charge >= 0.3 is 6.03 Å². The van der Waals surface area contributed by atoms with Gasteiger partial charge in [-0.1, -0.05) is 44.2 Å². The molecule has 19 heavy (non-hydrogen) atoms. The number of benzene rings is 1. The molecule has 104 valence electrons. The van der Waals surface area contributed by atoms with Gasteiger partial charge in [0.2, 0.25) is 0 Å². The van der Waals surface area contributed by atoms with Gasteiger partial charge in [0.1, 0.15) is 6.04 Å². The minimum absolute atomic E-state index is 0.291. The first-order valence-corrected chi connectivity index (χ1v) is 6.03. The van der Waals surface area contributed by atoms with Gasteiger partial charge in [0, 0.05) is 0 Å². The Balaban J connectivity index is 2.69. The number of carbonyl (C=O) groups is 2. The van der Waals surface area contributed by atoms with Crippen LogP contribution < -0.4 is 16.5 Å². The van der Waals surface area contributed by atoms with E-state index in [-0.39, 0.29) is 0 Å². The number of hydrogen-bond acceptors (Lipinski definition) is 3. The minimum atomic E-state index is -0.870. The predicted octanol–water partition coefficient (Wildman–Crippen LogP) is 1.10. The lowest BCUT2D eigenvalue weighted by Gasteiger charge is -2.17. The summed E-state index contributed by atoms with van der Waals surface area (Å²) in [6.07, 6.45) is 0. The van der Waals surface area contributed by atoms with Gasteiger partial charge in [-0.15, -0.1) is 0 Å². The first-order chi connectivity index (χ1) is 9.00. The highest BCUT2D eigenvalue weighted by molar-refractivity contribution is 5.87. The van der Waals surface area contributed by atoms with Gasteiger partial charge in [0.15, 0.2) is 0 Å². The second kappa shape index (κ2) is 7.38. The fourth-order valence-electron chi connectivity index (χ4n) is 1.43. The van der Waals surface area contributed by atoms with Crippen LogP contribution in [0.25, 0.3) is 0 Å². The zero-order chi connectivity index (χ0) is 14.3. The molecule has 4 N–H and O–H groups in total. The van der Waals surface area contributed by atoms with Gasteiger partial charge < -0.3 is 11.1 Å². The predicted molar refractivity (Wildman–Crippen MR) is 70.8 cm³/mol. The molecule has 6 nitrogen and oxygen atoms in total. The van der Waals surface area contributed by atoms with Crippen molar-refractivity contribution in [3.8, 4) is 0 Å². The Morgan fingerprint density at radius 1 is 1.26 bits per heavy atom. The summed E-state index contributed by atoms with van der Waals surface area (Å²) in [6.45, 7) is 4.31. The molecule has 0 aromatic heterocycles. The Morgan fingerprint density at radius 3 is 2.42 bits per heavy atom. The molecule has 1 atom stereocenters. The topological polar surface area (TPSA) is 93.4 Å². The van der Waals surface area contributed by atoms with Crippen molar-refractivity contribution in [3.63, 3.8) is 0 Å². The summed E-state index contributed by atoms with van der Waals surface area (Å²) >= 11 is 0. The number of nitrogens with two attached hydrogens (primary N) is 1. The van der Waals surface area contributed by atoms with Crippen molar-refractivity contribution in [2.45, 2.75) is 19.9 Å². The molecule has 0 bridgehead atoms. The van der Waals surface area contributed by atoms with Crippen molar-refractivity contribution in [2.75, 3.05) is 6.61 Å². The molecule has 0 saturated heterocycles. The molecule has 0 aliphatic carbocycles. The van der Waals surface area contributed by atoms with Crippen LogP contribution in [0.3, 0.4) is 0 Å². The summed E-state index contributed by atoms with van der Waals surface area (Å²) in [6, 6.07) is 7.17. The maximum atomic E-state index is 12.0. The van der Waals surface area contributed by atoms with Gasteiger partial charge in [0.25, 0.3) is 5.91 Å². The van der Waals surface area contributed by atoms with Crippen LogP contribution in [-0.2, 0) is 9.63 Å². The average molecular weight is 265 g/mol. The summed E-state index contributed by atoms with van der Waals surface area (Å²) in [7, 11) is 0. The smallest absolute Gasteiger partial charge is 0.313 e. The number of urea groups is 1. The van der Waals surface area contributed by atoms with Crippen LogP contribution in [0.1, 0.15) is 25.5 Å². The fourth-order valence-corrected chi connectivity index (χ4v) is 1.43. The molecule has 0 heterocycles. The molecule has 0 aliphatic rings. The molecule has 0 radical (unpaired) electrons. The van der Waals surface area contributed by atoms with Crippen LogP contribution in [0.5, 0.6) is 0 Å². The molecule has 1 unspecified atom stereocenters. The highest BCUT2D eigenvalue weighted by atomic mass is 16.7. The average Bonchev–Trinajstić information content (AvgIpc) is 2.36. The maximum absolute atomic E-state index is 12.0. The van der Waals surface area contributed by atoms with Gasteiger partial charge in [0.05, 0.1) is 6.61 Å². The molecule has 6 heteroatoms. The van der Waals surface area contributed by atoms with Gasteiger partial charge in [-0.2, -0.15) is 0 Å². The first-order valence-electron chi connectivity index (χ1n) is 6.03. The van der Waals surface area contributed by atoms with E-state index in [4.69, 9.17) is 10.6 Å². The number of amides is 3. The van der Waals surface area contributed by atoms with Crippen LogP contribution in [0.4, 0.5) is 4.79 Å². The number of carbonyl (C=O) groups excluding carboxylic acids is 2. The van der Waals surface area contributed by atoms with Crippen molar-refractivity contribution >= 4 is 11.9 Å². The molecule has 0 fully saturated rings. The molecule has 0 aliphatic heterocycles. The van der Waals surface area contributed by atoms with Crippen LogP contribution in [0.2, 0.25) is 0 Å². The molecule has 1 aromatic rings. The Kier molecular flexibility index (Phi) is 5.81. The van der Waals surface area contributed by atoms with Crippen molar-refractivity contribution in [3.05, 3.63) is 35.9 Å². The first kappa shape index (κ1) is 15.0. The monoisotopic (exact) mass is 265 g/mol. The molecular formula is C13H19N3O3. The van der Waals surface area contributed by atoms with Gasteiger partial charge in [-0.25, -0.2) is 10.3 Å². The van der Waals surface area contributed by atoms with E-state index in [0.29, 0.717) is 18.1 Å². The lowest BCUT2D eigenvalue weighted by atomic mass is 10.1. The van der Waals surface area contributed by atoms with E-state index in [9.17, 15) is 9.59 Å². The molecular weight excluding hydrogens is 246 g/mol. The van der Waals surface area contributed by atoms with E-state index in [0.717, 1.165) is 0 Å². The normalized spacial score (nSPS) is 11.9. The Hall–Kier alpha value is -2.08. The number of rotatable bonds is 6. The SMILES string of the molecule is CC(C)CONC(=O)C(NC(N)=O)c1ccccc1. The van der Waals surface area contributed by atoms with Crippen LogP contribution >= 0.6 is 0 Å². The second-order valence-electron chi connectivity index (χ2n) is 4.52. The Bertz CT molecular complexity index is 420. The highest BCUT2D eigenvalue weighted by Crippen LogP contribution is 2.12. The molecule has 3 amide bonds. The van der Waals surface area contributed by atoms with Crippen LogP contribution in [0.15, 0.2) is 30.3 Å². The summed E-state index contributed by atoms with van der Waals surface area (Å²) in [5, 5.41) is 2.38. The van der Waals surface area contributed by atoms with E-state index < -0.39 is 18.0 Å².